The first-order valence-corrected chi connectivity index (χ1v) is 6.37. The van der Waals surface area contributed by atoms with Crippen molar-refractivity contribution in [1.82, 2.24) is 15.5 Å². The van der Waals surface area contributed by atoms with E-state index in [9.17, 15) is 4.79 Å². The zero-order valence-electron chi connectivity index (χ0n) is 12.5. The van der Waals surface area contributed by atoms with E-state index < -0.39 is 0 Å². The molecule has 5 heteroatoms. The van der Waals surface area contributed by atoms with Crippen LogP contribution in [0.15, 0.2) is 4.42 Å². The van der Waals surface area contributed by atoms with E-state index in [1.54, 1.807) is 6.92 Å². The van der Waals surface area contributed by atoms with Gasteiger partial charge in [-0.15, -0.1) is 10.2 Å². The summed E-state index contributed by atoms with van der Waals surface area (Å²) >= 11 is 0. The fourth-order valence-corrected chi connectivity index (χ4v) is 1.12. The third-order valence-electron chi connectivity index (χ3n) is 2.67. The van der Waals surface area contributed by atoms with Crippen LogP contribution in [-0.2, 0) is 11.3 Å². The third kappa shape index (κ3) is 5.29. The number of aryl methyl sites for hydroxylation is 1. The van der Waals surface area contributed by atoms with Crippen LogP contribution in [0.1, 0.15) is 54.8 Å². The summed E-state index contributed by atoms with van der Waals surface area (Å²) in [4.78, 5) is 11.8. The number of nitrogens with one attached hydrogen (secondary N) is 1. The molecule has 1 unspecified atom stereocenters. The van der Waals surface area contributed by atoms with Gasteiger partial charge in [0, 0.05) is 14.3 Å². The number of amides is 1. The van der Waals surface area contributed by atoms with Crippen LogP contribution in [0.2, 0.25) is 0 Å². The average molecular weight is 257 g/mol. The molecular weight excluding hydrogens is 230 g/mol. The maximum absolute atomic E-state index is 11.8. The molecule has 1 N–H and O–H groups in total. The van der Waals surface area contributed by atoms with Crippen LogP contribution in [0.3, 0.4) is 0 Å². The lowest BCUT2D eigenvalue weighted by Gasteiger charge is -2.25. The van der Waals surface area contributed by atoms with Crippen LogP contribution in [0.25, 0.3) is 0 Å². The Morgan fingerprint density at radius 3 is 2.33 bits per heavy atom. The summed E-state index contributed by atoms with van der Waals surface area (Å²) in [7, 11) is 0. The molecule has 0 saturated carbocycles. The van der Waals surface area contributed by atoms with E-state index in [-0.39, 0.29) is 18.7 Å². The van der Waals surface area contributed by atoms with E-state index in [0.29, 0.717) is 18.3 Å². The first-order valence-electron chi connectivity index (χ1n) is 6.37. The molecule has 0 radical (unpaired) electrons. The SMILES string of the molecule is CC.Cc1nnc(CNC(=O)C(C)C(C)(C)C)o1.[HH]. The van der Waals surface area contributed by atoms with Crippen molar-refractivity contribution in [3.05, 3.63) is 11.8 Å². The van der Waals surface area contributed by atoms with Crippen molar-refractivity contribution in [3.8, 4) is 0 Å². The topological polar surface area (TPSA) is 68.0 Å². The van der Waals surface area contributed by atoms with E-state index >= 15 is 0 Å². The van der Waals surface area contributed by atoms with Crippen molar-refractivity contribution < 1.29 is 10.6 Å². The Morgan fingerprint density at radius 2 is 1.94 bits per heavy atom. The minimum atomic E-state index is -0.0588. The number of nitrogens with zero attached hydrogens (tertiary/aromatic N) is 2. The monoisotopic (exact) mass is 257 g/mol. The van der Waals surface area contributed by atoms with Crippen molar-refractivity contribution in [3.63, 3.8) is 0 Å². The Morgan fingerprint density at radius 1 is 1.39 bits per heavy atom. The van der Waals surface area contributed by atoms with Crippen LogP contribution < -0.4 is 5.32 Å². The van der Waals surface area contributed by atoms with Gasteiger partial charge < -0.3 is 9.73 Å². The predicted octanol–water partition coefficient (Wildman–Crippen LogP) is 2.95. The molecule has 5 nitrogen and oxygen atoms in total. The molecule has 1 amide bonds. The molecule has 0 aliphatic carbocycles. The molecule has 1 rings (SSSR count). The van der Waals surface area contributed by atoms with Crippen molar-refractivity contribution >= 4 is 5.91 Å². The lowest BCUT2D eigenvalue weighted by Crippen LogP contribution is -2.35. The first kappa shape index (κ1) is 16.6. The molecule has 0 spiro atoms. The van der Waals surface area contributed by atoms with E-state index in [4.69, 9.17) is 4.42 Å². The number of carbonyl (C=O) groups is 1. The van der Waals surface area contributed by atoms with Crippen molar-refractivity contribution in [1.29, 1.82) is 0 Å². The Hall–Kier alpha value is -1.39. The highest BCUT2D eigenvalue weighted by Gasteiger charge is 2.26. The van der Waals surface area contributed by atoms with Crippen LogP contribution in [0.5, 0.6) is 0 Å². The molecule has 0 fully saturated rings. The van der Waals surface area contributed by atoms with Gasteiger partial charge in [0.05, 0.1) is 6.54 Å². The fraction of sp³-hybridized carbons (Fsp3) is 0.769. The van der Waals surface area contributed by atoms with Crippen LogP contribution in [0.4, 0.5) is 0 Å². The van der Waals surface area contributed by atoms with Gasteiger partial charge in [-0.05, 0) is 5.41 Å². The van der Waals surface area contributed by atoms with Crippen molar-refractivity contribution in [2.24, 2.45) is 11.3 Å². The van der Waals surface area contributed by atoms with Gasteiger partial charge in [-0.1, -0.05) is 41.5 Å². The van der Waals surface area contributed by atoms with Gasteiger partial charge in [-0.25, -0.2) is 0 Å². The molecule has 0 bridgehead atoms. The maximum atomic E-state index is 11.8. The van der Waals surface area contributed by atoms with Crippen LogP contribution in [-0.4, -0.2) is 16.1 Å². The molecule has 0 saturated heterocycles. The van der Waals surface area contributed by atoms with Gasteiger partial charge in [0.1, 0.15) is 0 Å². The van der Waals surface area contributed by atoms with Crippen LogP contribution >= 0.6 is 0 Å². The van der Waals surface area contributed by atoms with Gasteiger partial charge in [-0.2, -0.15) is 0 Å². The molecule has 1 aromatic rings. The summed E-state index contributed by atoms with van der Waals surface area (Å²) in [5.74, 6) is 0.889. The number of hydrogen-bond acceptors (Lipinski definition) is 4. The second kappa shape index (κ2) is 7.13. The Balaban J connectivity index is 0. The molecule has 0 aromatic carbocycles. The molecule has 1 aromatic heterocycles. The maximum Gasteiger partial charge on any atom is 0.235 e. The average Bonchev–Trinajstić information content (AvgIpc) is 2.72. The summed E-state index contributed by atoms with van der Waals surface area (Å²) in [5.41, 5.74) is -0.0468. The van der Waals surface area contributed by atoms with E-state index in [2.05, 4.69) is 15.5 Å². The molecule has 0 aliphatic rings. The molecular formula is C13H27N3O2. The highest BCUT2D eigenvalue weighted by molar-refractivity contribution is 5.78. The molecule has 1 atom stereocenters. The second-order valence-corrected chi connectivity index (χ2v) is 5.02. The van der Waals surface area contributed by atoms with E-state index in [1.165, 1.54) is 0 Å². The first-order chi connectivity index (χ1) is 8.30. The zero-order chi connectivity index (χ0) is 14.3. The third-order valence-corrected chi connectivity index (χ3v) is 2.67. The molecule has 0 aliphatic heterocycles. The summed E-state index contributed by atoms with van der Waals surface area (Å²) in [5, 5.41) is 10.3. The Labute approximate surface area is 111 Å². The predicted molar refractivity (Wildman–Crippen MR) is 73.0 cm³/mol. The Kier molecular flexibility index (Phi) is 6.58. The van der Waals surface area contributed by atoms with Gasteiger partial charge in [0.15, 0.2) is 0 Å². The minimum Gasteiger partial charge on any atom is -0.424 e. The molecule has 18 heavy (non-hydrogen) atoms. The molecule has 106 valence electrons. The number of carbonyl (C=O) groups excluding carboxylic acids is 1. The standard InChI is InChI=1S/C11H19N3O2.C2H6.H2/c1-7(11(3,4)5)10(15)12-6-9-14-13-8(2)16-9;1-2;/h7H,6H2,1-5H3,(H,12,15);1-2H3;1H. The lowest BCUT2D eigenvalue weighted by atomic mass is 9.81. The summed E-state index contributed by atoms with van der Waals surface area (Å²) in [6.45, 7) is 14.0. The fourth-order valence-electron chi connectivity index (χ4n) is 1.12. The molecule has 1 heterocycles. The van der Waals surface area contributed by atoms with E-state index in [1.807, 2.05) is 41.5 Å². The van der Waals surface area contributed by atoms with Gasteiger partial charge in [0.2, 0.25) is 17.7 Å². The normalized spacial score (nSPS) is 12.4. The van der Waals surface area contributed by atoms with Crippen LogP contribution in [0, 0.1) is 18.3 Å². The van der Waals surface area contributed by atoms with Gasteiger partial charge in [0.25, 0.3) is 0 Å². The Bertz CT molecular complexity index is 372. The summed E-state index contributed by atoms with van der Waals surface area (Å²) < 4.78 is 5.16. The van der Waals surface area contributed by atoms with E-state index in [0.717, 1.165) is 0 Å². The van der Waals surface area contributed by atoms with Crippen molar-refractivity contribution in [2.45, 2.75) is 55.0 Å². The van der Waals surface area contributed by atoms with Gasteiger partial charge in [-0.3, -0.25) is 4.79 Å². The summed E-state index contributed by atoms with van der Waals surface area (Å²) in [6, 6.07) is 0. The largest absolute Gasteiger partial charge is 0.424 e. The smallest absolute Gasteiger partial charge is 0.235 e. The lowest BCUT2D eigenvalue weighted by molar-refractivity contribution is -0.127. The second-order valence-electron chi connectivity index (χ2n) is 5.02. The minimum absolute atomic E-state index is 0. The zero-order valence-corrected chi connectivity index (χ0v) is 12.5. The van der Waals surface area contributed by atoms with Gasteiger partial charge >= 0.3 is 0 Å². The highest BCUT2D eigenvalue weighted by Crippen LogP contribution is 2.25. The highest BCUT2D eigenvalue weighted by atomic mass is 16.4. The number of aromatic nitrogens is 2. The number of hydrogen-bond donors (Lipinski definition) is 1. The quantitative estimate of drug-likeness (QED) is 0.904. The van der Waals surface area contributed by atoms with Crippen molar-refractivity contribution in [2.75, 3.05) is 0 Å². The summed E-state index contributed by atoms with van der Waals surface area (Å²) in [6.07, 6.45) is 0. The number of rotatable bonds is 3.